The number of para-hydroxylation sites is 1. The molecular weight excluding hydrogens is 448 g/mol. The lowest BCUT2D eigenvalue weighted by Crippen LogP contribution is -2.28. The molecule has 4 aromatic rings. The molecule has 1 aromatic heterocycles. The molecule has 0 aliphatic carbocycles. The molecule has 35 heavy (non-hydrogen) atoms. The molecule has 8 heteroatoms. The average molecular weight is 470 g/mol. The van der Waals surface area contributed by atoms with E-state index in [2.05, 4.69) is 10.3 Å². The molecule has 0 bridgehead atoms. The Morgan fingerprint density at radius 3 is 2.60 bits per heavy atom. The van der Waals surface area contributed by atoms with Gasteiger partial charge in [0.1, 0.15) is 5.75 Å². The highest BCUT2D eigenvalue weighted by Gasteiger charge is 2.17. The van der Waals surface area contributed by atoms with Gasteiger partial charge in [-0.2, -0.15) is 0 Å². The summed E-state index contributed by atoms with van der Waals surface area (Å²) < 4.78 is 21.2. The third-order valence-electron chi connectivity index (χ3n) is 5.58. The summed E-state index contributed by atoms with van der Waals surface area (Å²) in [7, 11) is 1.60. The lowest BCUT2D eigenvalue weighted by molar-refractivity contribution is -0.124. The number of pyridine rings is 1. The molecular formula is C27H22N2O6. The summed E-state index contributed by atoms with van der Waals surface area (Å²) in [5, 5.41) is 3.39. The summed E-state index contributed by atoms with van der Waals surface area (Å²) in [5.41, 5.74) is 3.28. The van der Waals surface area contributed by atoms with E-state index < -0.39 is 18.5 Å². The number of esters is 1. The second-order valence-corrected chi connectivity index (χ2v) is 7.84. The number of carbonyl (C=O) groups excluding carboxylic acids is 2. The molecule has 0 unspecified atom stereocenters. The van der Waals surface area contributed by atoms with Gasteiger partial charge in [-0.15, -0.1) is 0 Å². The predicted molar refractivity (Wildman–Crippen MR) is 128 cm³/mol. The van der Waals surface area contributed by atoms with Crippen molar-refractivity contribution in [1.29, 1.82) is 0 Å². The fourth-order valence-corrected chi connectivity index (χ4v) is 3.77. The molecule has 0 fully saturated rings. The molecule has 1 amide bonds. The van der Waals surface area contributed by atoms with E-state index in [1.54, 1.807) is 31.4 Å². The summed E-state index contributed by atoms with van der Waals surface area (Å²) in [4.78, 5) is 30.0. The SMILES string of the molecule is COc1ccc(-c2cc(C(=O)OCC(=O)NCc3ccc4c(c3)OCO4)c3ccccc3n2)cc1. The molecule has 0 spiro atoms. The first-order valence-electron chi connectivity index (χ1n) is 11.0. The van der Waals surface area contributed by atoms with E-state index in [1.165, 1.54) is 0 Å². The number of carbonyl (C=O) groups is 2. The summed E-state index contributed by atoms with van der Waals surface area (Å²) in [6, 6.07) is 21.8. The number of hydrogen-bond donors (Lipinski definition) is 1. The second kappa shape index (κ2) is 9.72. The highest BCUT2D eigenvalue weighted by atomic mass is 16.7. The van der Waals surface area contributed by atoms with Crippen molar-refractivity contribution in [2.45, 2.75) is 6.54 Å². The van der Waals surface area contributed by atoms with Gasteiger partial charge in [-0.25, -0.2) is 9.78 Å². The van der Waals surface area contributed by atoms with Gasteiger partial charge in [0.25, 0.3) is 5.91 Å². The fraction of sp³-hybridized carbons (Fsp3) is 0.148. The molecule has 0 atom stereocenters. The minimum atomic E-state index is -0.600. The number of ether oxygens (including phenoxy) is 4. The number of aromatic nitrogens is 1. The summed E-state index contributed by atoms with van der Waals surface area (Å²) >= 11 is 0. The lowest BCUT2D eigenvalue weighted by Gasteiger charge is -2.11. The predicted octanol–water partition coefficient (Wildman–Crippen LogP) is 4.11. The van der Waals surface area contributed by atoms with Gasteiger partial charge in [-0.1, -0.05) is 24.3 Å². The topological polar surface area (TPSA) is 96.0 Å². The summed E-state index contributed by atoms with van der Waals surface area (Å²) in [5.74, 6) is 1.02. The molecule has 8 nitrogen and oxygen atoms in total. The Kier molecular flexibility index (Phi) is 6.17. The van der Waals surface area contributed by atoms with Crippen molar-refractivity contribution in [2.24, 2.45) is 0 Å². The molecule has 2 heterocycles. The Hall–Kier alpha value is -4.59. The maximum absolute atomic E-state index is 13.0. The van der Waals surface area contributed by atoms with Crippen LogP contribution in [0.2, 0.25) is 0 Å². The minimum absolute atomic E-state index is 0.185. The second-order valence-electron chi connectivity index (χ2n) is 7.84. The Bertz CT molecular complexity index is 1400. The monoisotopic (exact) mass is 470 g/mol. The van der Waals surface area contributed by atoms with Crippen molar-refractivity contribution >= 4 is 22.8 Å². The van der Waals surface area contributed by atoms with Crippen molar-refractivity contribution in [1.82, 2.24) is 10.3 Å². The van der Waals surface area contributed by atoms with Gasteiger partial charge >= 0.3 is 5.97 Å². The van der Waals surface area contributed by atoms with E-state index in [4.69, 9.17) is 18.9 Å². The van der Waals surface area contributed by atoms with E-state index in [-0.39, 0.29) is 13.3 Å². The molecule has 1 aliphatic heterocycles. The number of benzene rings is 3. The van der Waals surface area contributed by atoms with Crippen LogP contribution in [0.25, 0.3) is 22.2 Å². The number of fused-ring (bicyclic) bond motifs is 2. The molecule has 1 N–H and O–H groups in total. The molecule has 176 valence electrons. The molecule has 1 aliphatic rings. The first-order chi connectivity index (χ1) is 17.1. The minimum Gasteiger partial charge on any atom is -0.497 e. The van der Waals surface area contributed by atoms with Gasteiger partial charge in [0, 0.05) is 17.5 Å². The highest BCUT2D eigenvalue weighted by Crippen LogP contribution is 2.32. The standard InChI is InChI=1S/C27H22N2O6/c1-32-19-9-7-18(8-10-19)23-13-21(20-4-2-3-5-22(20)29-23)27(31)33-15-26(30)28-14-17-6-11-24-25(12-17)35-16-34-24/h2-13H,14-16H2,1H3,(H,28,30). The van der Waals surface area contributed by atoms with E-state index in [9.17, 15) is 9.59 Å². The van der Waals surface area contributed by atoms with E-state index in [1.807, 2.05) is 48.5 Å². The van der Waals surface area contributed by atoms with Crippen LogP contribution in [-0.4, -0.2) is 37.4 Å². The smallest absolute Gasteiger partial charge is 0.339 e. The molecule has 5 rings (SSSR count). The number of amides is 1. The fourth-order valence-electron chi connectivity index (χ4n) is 3.77. The number of nitrogens with one attached hydrogen (secondary N) is 1. The van der Waals surface area contributed by atoms with Crippen LogP contribution < -0.4 is 19.5 Å². The maximum atomic E-state index is 13.0. The van der Waals surface area contributed by atoms with Crippen LogP contribution >= 0.6 is 0 Å². The van der Waals surface area contributed by atoms with Crippen molar-refractivity contribution in [2.75, 3.05) is 20.5 Å². The molecule has 0 saturated carbocycles. The largest absolute Gasteiger partial charge is 0.497 e. The van der Waals surface area contributed by atoms with Gasteiger partial charge in [-0.05, 0) is 54.1 Å². The van der Waals surface area contributed by atoms with Crippen molar-refractivity contribution < 1.29 is 28.5 Å². The zero-order valence-electron chi connectivity index (χ0n) is 18.9. The van der Waals surface area contributed by atoms with Gasteiger partial charge in [0.15, 0.2) is 18.1 Å². The van der Waals surface area contributed by atoms with Gasteiger partial charge in [0.2, 0.25) is 6.79 Å². The molecule has 0 saturated heterocycles. The van der Waals surface area contributed by atoms with Crippen LogP contribution in [0.3, 0.4) is 0 Å². The number of rotatable bonds is 7. The number of nitrogens with zero attached hydrogens (tertiary/aromatic N) is 1. The third kappa shape index (κ3) is 4.86. The Morgan fingerprint density at radius 2 is 1.77 bits per heavy atom. The first kappa shape index (κ1) is 22.2. The summed E-state index contributed by atoms with van der Waals surface area (Å²) in [6.07, 6.45) is 0. The van der Waals surface area contributed by atoms with Crippen LogP contribution in [0.5, 0.6) is 17.2 Å². The zero-order chi connectivity index (χ0) is 24.2. The Balaban J connectivity index is 1.28. The number of methoxy groups -OCH3 is 1. The lowest BCUT2D eigenvalue weighted by atomic mass is 10.0. The number of hydrogen-bond acceptors (Lipinski definition) is 7. The van der Waals surface area contributed by atoms with Crippen molar-refractivity contribution in [3.05, 3.63) is 83.9 Å². The van der Waals surface area contributed by atoms with Gasteiger partial charge in [-0.3, -0.25) is 4.79 Å². The quantitative estimate of drug-likeness (QED) is 0.406. The van der Waals surface area contributed by atoms with Crippen molar-refractivity contribution in [3.63, 3.8) is 0 Å². The van der Waals surface area contributed by atoms with E-state index in [0.717, 1.165) is 16.9 Å². The Morgan fingerprint density at radius 1 is 0.971 bits per heavy atom. The van der Waals surface area contributed by atoms with Crippen molar-refractivity contribution in [3.8, 4) is 28.5 Å². The molecule has 3 aromatic carbocycles. The first-order valence-corrected chi connectivity index (χ1v) is 11.0. The van der Waals surface area contributed by atoms with Crippen LogP contribution in [0, 0.1) is 0 Å². The van der Waals surface area contributed by atoms with Crippen LogP contribution in [0.15, 0.2) is 72.8 Å². The van der Waals surface area contributed by atoms with Gasteiger partial charge in [0.05, 0.1) is 23.9 Å². The highest BCUT2D eigenvalue weighted by molar-refractivity contribution is 6.05. The van der Waals surface area contributed by atoms with E-state index >= 15 is 0 Å². The molecule has 0 radical (unpaired) electrons. The van der Waals surface area contributed by atoms with Crippen LogP contribution in [-0.2, 0) is 16.1 Å². The maximum Gasteiger partial charge on any atom is 0.339 e. The summed E-state index contributed by atoms with van der Waals surface area (Å²) in [6.45, 7) is 0.0513. The third-order valence-corrected chi connectivity index (χ3v) is 5.58. The average Bonchev–Trinajstić information content (AvgIpc) is 3.38. The zero-order valence-corrected chi connectivity index (χ0v) is 18.9. The van der Waals surface area contributed by atoms with E-state index in [0.29, 0.717) is 33.7 Å². The normalized spacial score (nSPS) is 11.8. The van der Waals surface area contributed by atoms with Gasteiger partial charge < -0.3 is 24.3 Å². The van der Waals surface area contributed by atoms with Crippen LogP contribution in [0.1, 0.15) is 15.9 Å². The van der Waals surface area contributed by atoms with Crippen LogP contribution in [0.4, 0.5) is 0 Å². The Labute approximate surface area is 201 Å².